The molecule has 0 spiro atoms. The summed E-state index contributed by atoms with van der Waals surface area (Å²) in [5.74, 6) is -0.461. The van der Waals surface area contributed by atoms with E-state index in [-0.39, 0.29) is 18.9 Å². The molecule has 0 saturated carbocycles. The molecule has 3 rings (SSSR count). The second-order valence-electron chi connectivity index (χ2n) is 6.40. The maximum Gasteiger partial charge on any atom is 0.252 e. The van der Waals surface area contributed by atoms with E-state index in [1.165, 1.54) is 0 Å². The highest BCUT2D eigenvalue weighted by molar-refractivity contribution is 5.83. The minimum absolute atomic E-state index is 0.153. The van der Waals surface area contributed by atoms with Crippen LogP contribution in [0.15, 0.2) is 12.4 Å². The van der Waals surface area contributed by atoms with Crippen molar-refractivity contribution in [2.75, 3.05) is 13.1 Å². The monoisotopic (exact) mass is 324 g/mol. The van der Waals surface area contributed by atoms with E-state index in [4.69, 9.17) is 0 Å². The molecule has 2 aliphatic heterocycles. The van der Waals surface area contributed by atoms with Gasteiger partial charge in [0.15, 0.2) is 0 Å². The summed E-state index contributed by atoms with van der Waals surface area (Å²) in [5.41, 5.74) is -0.107. The number of hydrogen-bond acceptors (Lipinski definition) is 4. The van der Waals surface area contributed by atoms with Crippen LogP contribution in [0.25, 0.3) is 0 Å². The number of nitrogens with zero attached hydrogens (tertiary/aromatic N) is 4. The molecule has 0 radical (unpaired) electrons. The fourth-order valence-electron chi connectivity index (χ4n) is 3.63. The Balaban J connectivity index is 1.97. The van der Waals surface area contributed by atoms with Crippen molar-refractivity contribution in [2.24, 2.45) is 5.41 Å². The average molecular weight is 324 g/mol. The van der Waals surface area contributed by atoms with E-state index in [2.05, 4.69) is 9.97 Å². The highest BCUT2D eigenvalue weighted by Crippen LogP contribution is 2.44. The predicted octanol–water partition coefficient (Wildman–Crippen LogP) is 2.73. The van der Waals surface area contributed by atoms with Gasteiger partial charge in [-0.3, -0.25) is 19.8 Å². The second-order valence-corrected chi connectivity index (χ2v) is 6.40. The lowest BCUT2D eigenvalue weighted by molar-refractivity contribution is -0.166. The molecule has 7 heteroatoms. The van der Waals surface area contributed by atoms with Gasteiger partial charge in [-0.25, -0.2) is 13.8 Å². The number of amides is 1. The van der Waals surface area contributed by atoms with Gasteiger partial charge in [-0.1, -0.05) is 6.92 Å². The van der Waals surface area contributed by atoms with Gasteiger partial charge in [-0.05, 0) is 32.6 Å². The van der Waals surface area contributed by atoms with Gasteiger partial charge < -0.3 is 0 Å². The quantitative estimate of drug-likeness (QED) is 0.858. The Morgan fingerprint density at radius 3 is 2.74 bits per heavy atom. The van der Waals surface area contributed by atoms with E-state index < -0.39 is 17.7 Å². The van der Waals surface area contributed by atoms with Crippen LogP contribution in [0.3, 0.4) is 0 Å². The molecule has 126 valence electrons. The van der Waals surface area contributed by atoms with Crippen molar-refractivity contribution in [1.29, 1.82) is 0 Å². The third kappa shape index (κ3) is 2.60. The molecule has 1 amide bonds. The molecule has 2 atom stereocenters. The molecule has 0 unspecified atom stereocenters. The first-order valence-electron chi connectivity index (χ1n) is 8.15. The average Bonchev–Trinajstić information content (AvgIpc) is 2.89. The Morgan fingerprint density at radius 2 is 2.13 bits per heavy atom. The van der Waals surface area contributed by atoms with Gasteiger partial charge in [-0.2, -0.15) is 0 Å². The summed E-state index contributed by atoms with van der Waals surface area (Å²) in [4.78, 5) is 21.6. The minimum atomic E-state index is -2.65. The molecule has 0 aromatic carbocycles. The summed E-state index contributed by atoms with van der Waals surface area (Å²) in [5, 5.41) is 3.45. The topological polar surface area (TPSA) is 49.3 Å². The SMILES string of the molecule is CC[C@@]1(C(F)F)CCCN2CC[C@H](c3cnc(C)cn3)N2C1=O. The summed E-state index contributed by atoms with van der Waals surface area (Å²) in [7, 11) is 0. The number of halogens is 2. The van der Waals surface area contributed by atoms with E-state index >= 15 is 0 Å². The standard InChI is InChI=1S/C16H22F2N4O/c1-3-16(14(17)18)6-4-7-21-8-5-13(22(21)15(16)23)12-10-19-11(2)9-20-12/h9-10,13-14H,3-8H2,1-2H3/t13-,16+/m1/s1. The normalized spacial score (nSPS) is 29.0. The maximum atomic E-state index is 13.8. The summed E-state index contributed by atoms with van der Waals surface area (Å²) >= 11 is 0. The van der Waals surface area contributed by atoms with Gasteiger partial charge in [0, 0.05) is 19.3 Å². The van der Waals surface area contributed by atoms with Crippen molar-refractivity contribution < 1.29 is 13.6 Å². The summed E-state index contributed by atoms with van der Waals surface area (Å²) in [6.07, 6.45) is 2.35. The Hall–Kier alpha value is -1.63. The molecule has 5 nitrogen and oxygen atoms in total. The molecule has 2 aliphatic rings. The zero-order valence-electron chi connectivity index (χ0n) is 13.5. The van der Waals surface area contributed by atoms with Gasteiger partial charge in [0.2, 0.25) is 5.91 Å². The predicted molar refractivity (Wildman–Crippen MR) is 80.5 cm³/mol. The number of carbonyl (C=O) groups is 1. The molecule has 0 N–H and O–H groups in total. The fraction of sp³-hybridized carbons (Fsp3) is 0.688. The minimum Gasteiger partial charge on any atom is -0.273 e. The Bertz CT molecular complexity index is 580. The summed E-state index contributed by atoms with van der Waals surface area (Å²) in [6.45, 7) is 4.84. The number of aromatic nitrogens is 2. The van der Waals surface area contributed by atoms with Crippen LogP contribution in [-0.4, -0.2) is 45.4 Å². The first kappa shape index (κ1) is 16.2. The number of hydrazine groups is 1. The van der Waals surface area contributed by atoms with Crippen LogP contribution in [0.1, 0.15) is 50.0 Å². The fourth-order valence-corrected chi connectivity index (χ4v) is 3.63. The Kier molecular flexibility index (Phi) is 4.31. The van der Waals surface area contributed by atoms with Crippen LogP contribution in [0, 0.1) is 12.3 Å². The number of alkyl halides is 2. The van der Waals surface area contributed by atoms with Crippen LogP contribution >= 0.6 is 0 Å². The molecule has 0 aliphatic carbocycles. The van der Waals surface area contributed by atoms with Crippen LogP contribution < -0.4 is 0 Å². The number of rotatable bonds is 3. The first-order chi connectivity index (χ1) is 11.0. The molecule has 3 heterocycles. The van der Waals surface area contributed by atoms with E-state index in [0.717, 1.165) is 5.69 Å². The summed E-state index contributed by atoms with van der Waals surface area (Å²) < 4.78 is 27.5. The number of hydrogen-bond donors (Lipinski definition) is 0. The molecule has 2 fully saturated rings. The maximum absolute atomic E-state index is 13.8. The highest BCUT2D eigenvalue weighted by atomic mass is 19.3. The lowest BCUT2D eigenvalue weighted by atomic mass is 9.79. The van der Waals surface area contributed by atoms with Crippen molar-refractivity contribution in [3.05, 3.63) is 23.8 Å². The molecule has 1 aromatic rings. The zero-order valence-corrected chi connectivity index (χ0v) is 13.5. The van der Waals surface area contributed by atoms with Crippen molar-refractivity contribution in [1.82, 2.24) is 20.0 Å². The van der Waals surface area contributed by atoms with E-state index in [0.29, 0.717) is 31.6 Å². The van der Waals surface area contributed by atoms with Gasteiger partial charge in [0.1, 0.15) is 5.41 Å². The number of fused-ring (bicyclic) bond motifs is 1. The van der Waals surface area contributed by atoms with Gasteiger partial charge in [0.05, 0.1) is 23.6 Å². The molecule has 23 heavy (non-hydrogen) atoms. The van der Waals surface area contributed by atoms with Crippen LogP contribution in [0.2, 0.25) is 0 Å². The molecule has 1 aromatic heterocycles. The lowest BCUT2D eigenvalue weighted by Gasteiger charge is -2.37. The third-order valence-corrected chi connectivity index (χ3v) is 5.12. The summed E-state index contributed by atoms with van der Waals surface area (Å²) in [6, 6.07) is -0.293. The third-order valence-electron chi connectivity index (χ3n) is 5.12. The smallest absolute Gasteiger partial charge is 0.252 e. The Labute approximate surface area is 134 Å². The molecular weight excluding hydrogens is 302 g/mol. The van der Waals surface area contributed by atoms with Crippen LogP contribution in [0.5, 0.6) is 0 Å². The van der Waals surface area contributed by atoms with Crippen molar-refractivity contribution in [2.45, 2.75) is 52.0 Å². The molecule has 2 saturated heterocycles. The van der Waals surface area contributed by atoms with Crippen LogP contribution in [0.4, 0.5) is 8.78 Å². The van der Waals surface area contributed by atoms with Crippen molar-refractivity contribution in [3.8, 4) is 0 Å². The highest BCUT2D eigenvalue weighted by Gasteiger charge is 2.53. The van der Waals surface area contributed by atoms with Crippen molar-refractivity contribution >= 4 is 5.91 Å². The number of carbonyl (C=O) groups excluding carboxylic acids is 1. The van der Waals surface area contributed by atoms with Crippen LogP contribution in [-0.2, 0) is 4.79 Å². The largest absolute Gasteiger partial charge is 0.273 e. The number of aryl methyl sites for hydroxylation is 1. The zero-order chi connectivity index (χ0) is 16.6. The second kappa shape index (κ2) is 6.11. The Morgan fingerprint density at radius 1 is 1.35 bits per heavy atom. The van der Waals surface area contributed by atoms with Gasteiger partial charge in [0.25, 0.3) is 6.43 Å². The molecular formula is C16H22F2N4O. The molecule has 0 bridgehead atoms. The van der Waals surface area contributed by atoms with E-state index in [1.54, 1.807) is 24.3 Å². The van der Waals surface area contributed by atoms with Gasteiger partial charge >= 0.3 is 0 Å². The first-order valence-corrected chi connectivity index (χ1v) is 8.15. The van der Waals surface area contributed by atoms with Crippen molar-refractivity contribution in [3.63, 3.8) is 0 Å². The van der Waals surface area contributed by atoms with E-state index in [1.807, 2.05) is 11.9 Å². The lowest BCUT2D eigenvalue weighted by Crippen LogP contribution is -2.50. The van der Waals surface area contributed by atoms with E-state index in [9.17, 15) is 13.6 Å². The van der Waals surface area contributed by atoms with Gasteiger partial charge in [-0.15, -0.1) is 0 Å².